The Morgan fingerprint density at radius 1 is 1.36 bits per heavy atom. The molecule has 22 heavy (non-hydrogen) atoms. The number of carbonyl (C=O) groups is 1. The highest BCUT2D eigenvalue weighted by molar-refractivity contribution is 5.97. The Hall–Kier alpha value is -1.85. The Balaban J connectivity index is 0.00000242. The van der Waals surface area contributed by atoms with Crippen molar-refractivity contribution >= 4 is 29.2 Å². The largest absolute Gasteiger partial charge is 0.348 e. The molecule has 6 heteroatoms. The van der Waals surface area contributed by atoms with E-state index in [1.807, 2.05) is 24.3 Å². The second-order valence-corrected chi connectivity index (χ2v) is 5.15. The third-order valence-electron chi connectivity index (χ3n) is 3.52. The lowest BCUT2D eigenvalue weighted by Crippen LogP contribution is -2.41. The first-order chi connectivity index (χ1) is 10.2. The van der Waals surface area contributed by atoms with Crippen molar-refractivity contribution in [3.8, 4) is 0 Å². The van der Waals surface area contributed by atoms with Crippen LogP contribution in [0.1, 0.15) is 36.5 Å². The molecule has 0 bridgehead atoms. The Morgan fingerprint density at radius 2 is 2.09 bits per heavy atom. The summed E-state index contributed by atoms with van der Waals surface area (Å²) in [5.41, 5.74) is 6.14. The number of para-hydroxylation sites is 1. The number of pyridine rings is 1. The molecule has 0 saturated heterocycles. The lowest BCUT2D eigenvalue weighted by molar-refractivity contribution is 0.0934. The lowest BCUT2D eigenvalue weighted by atomic mass is 10.1. The minimum Gasteiger partial charge on any atom is -0.348 e. The van der Waals surface area contributed by atoms with Gasteiger partial charge in [0.2, 0.25) is 0 Å². The number of nitrogens with two attached hydrogens (primary N) is 1. The minimum atomic E-state index is -0.377. The summed E-state index contributed by atoms with van der Waals surface area (Å²) in [7, 11) is 0. The van der Waals surface area contributed by atoms with Gasteiger partial charge in [-0.1, -0.05) is 38.0 Å². The van der Waals surface area contributed by atoms with Gasteiger partial charge < -0.3 is 16.0 Å². The Bertz CT molecular complexity index is 684. The van der Waals surface area contributed by atoms with Crippen LogP contribution >= 0.6 is 12.4 Å². The molecule has 2 rings (SSSR count). The summed E-state index contributed by atoms with van der Waals surface area (Å²) in [6, 6.07) is 8.90. The molecule has 2 aromatic rings. The smallest absolute Gasteiger partial charge is 0.261 e. The topological polar surface area (TPSA) is 88.0 Å². The van der Waals surface area contributed by atoms with Gasteiger partial charge in [0.15, 0.2) is 0 Å². The van der Waals surface area contributed by atoms with E-state index in [1.54, 1.807) is 6.07 Å². The highest BCUT2D eigenvalue weighted by Gasteiger charge is 2.15. The van der Waals surface area contributed by atoms with E-state index < -0.39 is 0 Å². The highest BCUT2D eigenvalue weighted by atomic mass is 35.5. The zero-order valence-corrected chi connectivity index (χ0v) is 13.4. The molecule has 0 spiro atoms. The molecule has 1 aromatic carbocycles. The SMILES string of the molecule is CCCCC(CN)NC(=O)c1cc2ccccc2[nH]c1=O.Cl. The predicted octanol–water partition coefficient (Wildman–Crippen LogP) is 2.20. The highest BCUT2D eigenvalue weighted by Crippen LogP contribution is 2.10. The van der Waals surface area contributed by atoms with Crippen LogP contribution < -0.4 is 16.6 Å². The van der Waals surface area contributed by atoms with Crippen LogP contribution in [-0.4, -0.2) is 23.5 Å². The zero-order valence-electron chi connectivity index (χ0n) is 12.6. The molecule has 120 valence electrons. The molecule has 1 aromatic heterocycles. The molecule has 1 heterocycles. The number of halogens is 1. The number of fused-ring (bicyclic) bond motifs is 1. The number of carbonyl (C=O) groups excluding carboxylic acids is 1. The molecule has 0 radical (unpaired) electrons. The normalized spacial score (nSPS) is 11.7. The maximum atomic E-state index is 12.3. The summed E-state index contributed by atoms with van der Waals surface area (Å²) in [4.78, 5) is 27.0. The van der Waals surface area contributed by atoms with Gasteiger partial charge in [0.05, 0.1) is 0 Å². The van der Waals surface area contributed by atoms with Crippen molar-refractivity contribution < 1.29 is 4.79 Å². The molecule has 4 N–H and O–H groups in total. The van der Waals surface area contributed by atoms with Crippen molar-refractivity contribution in [1.29, 1.82) is 0 Å². The molecular weight excluding hydrogens is 302 g/mol. The third-order valence-corrected chi connectivity index (χ3v) is 3.52. The van der Waals surface area contributed by atoms with Crippen molar-refractivity contribution in [2.45, 2.75) is 32.2 Å². The van der Waals surface area contributed by atoms with Gasteiger partial charge in [-0.3, -0.25) is 9.59 Å². The van der Waals surface area contributed by atoms with Gasteiger partial charge in [-0.2, -0.15) is 0 Å². The molecule has 1 amide bonds. The first-order valence-electron chi connectivity index (χ1n) is 7.28. The molecule has 0 saturated carbocycles. The quantitative estimate of drug-likeness (QED) is 0.761. The van der Waals surface area contributed by atoms with Crippen LogP contribution in [-0.2, 0) is 0 Å². The first kappa shape index (κ1) is 18.2. The molecule has 1 unspecified atom stereocenters. The number of rotatable bonds is 6. The van der Waals surface area contributed by atoms with E-state index in [1.165, 1.54) is 0 Å². The van der Waals surface area contributed by atoms with Crippen molar-refractivity contribution in [2.75, 3.05) is 6.54 Å². The van der Waals surface area contributed by atoms with E-state index >= 15 is 0 Å². The standard InChI is InChI=1S/C16H21N3O2.ClH/c1-2-3-7-12(10-17)18-15(20)13-9-11-6-4-5-8-14(11)19-16(13)21;/h4-6,8-9,12H,2-3,7,10,17H2,1H3,(H,18,20)(H,19,21);1H. The van der Waals surface area contributed by atoms with Crippen LogP contribution in [0.4, 0.5) is 0 Å². The van der Waals surface area contributed by atoms with Gasteiger partial charge in [0.1, 0.15) is 5.56 Å². The number of hydrogen-bond acceptors (Lipinski definition) is 3. The van der Waals surface area contributed by atoms with Crippen molar-refractivity contribution in [3.05, 3.63) is 46.2 Å². The number of aromatic nitrogens is 1. The number of benzene rings is 1. The van der Waals surface area contributed by atoms with E-state index in [9.17, 15) is 9.59 Å². The van der Waals surface area contributed by atoms with E-state index in [4.69, 9.17) is 5.73 Å². The second-order valence-electron chi connectivity index (χ2n) is 5.15. The summed E-state index contributed by atoms with van der Waals surface area (Å²) in [6.07, 6.45) is 2.86. The summed E-state index contributed by atoms with van der Waals surface area (Å²) in [5, 5.41) is 3.67. The molecule has 0 aliphatic carbocycles. The number of nitrogens with one attached hydrogen (secondary N) is 2. The Morgan fingerprint density at radius 3 is 2.77 bits per heavy atom. The van der Waals surface area contributed by atoms with Gasteiger partial charge in [-0.15, -0.1) is 12.4 Å². The number of amides is 1. The Labute approximate surface area is 135 Å². The zero-order chi connectivity index (χ0) is 15.2. The van der Waals surface area contributed by atoms with Crippen LogP contribution in [0.2, 0.25) is 0 Å². The fourth-order valence-electron chi connectivity index (χ4n) is 2.28. The van der Waals surface area contributed by atoms with E-state index in [2.05, 4.69) is 17.2 Å². The second kappa shape index (κ2) is 8.56. The molecule has 0 fully saturated rings. The lowest BCUT2D eigenvalue weighted by Gasteiger charge is -2.16. The van der Waals surface area contributed by atoms with Gasteiger partial charge in [0, 0.05) is 18.1 Å². The first-order valence-corrected chi connectivity index (χ1v) is 7.28. The van der Waals surface area contributed by atoms with Crippen LogP contribution in [0.3, 0.4) is 0 Å². The van der Waals surface area contributed by atoms with Crippen molar-refractivity contribution in [3.63, 3.8) is 0 Å². The van der Waals surface area contributed by atoms with Gasteiger partial charge in [-0.05, 0) is 23.9 Å². The van der Waals surface area contributed by atoms with Crippen LogP contribution in [0.5, 0.6) is 0 Å². The van der Waals surface area contributed by atoms with Crippen LogP contribution in [0.25, 0.3) is 10.9 Å². The molecule has 1 atom stereocenters. The number of aromatic amines is 1. The fourth-order valence-corrected chi connectivity index (χ4v) is 2.28. The van der Waals surface area contributed by atoms with Gasteiger partial charge in [0.25, 0.3) is 11.5 Å². The fraction of sp³-hybridized carbons (Fsp3) is 0.375. The number of H-pyrrole nitrogens is 1. The van der Waals surface area contributed by atoms with Gasteiger partial charge in [-0.25, -0.2) is 0 Å². The monoisotopic (exact) mass is 323 g/mol. The summed E-state index contributed by atoms with van der Waals surface area (Å²) in [5.74, 6) is -0.367. The summed E-state index contributed by atoms with van der Waals surface area (Å²) < 4.78 is 0. The number of hydrogen-bond donors (Lipinski definition) is 3. The molecule has 5 nitrogen and oxygen atoms in total. The maximum Gasteiger partial charge on any atom is 0.261 e. The molecule has 0 aliphatic rings. The van der Waals surface area contributed by atoms with Crippen LogP contribution in [0, 0.1) is 0 Å². The Kier molecular flexibility index (Phi) is 7.08. The van der Waals surface area contributed by atoms with Crippen molar-refractivity contribution in [1.82, 2.24) is 10.3 Å². The predicted molar refractivity (Wildman–Crippen MR) is 91.7 cm³/mol. The van der Waals surface area contributed by atoms with E-state index in [0.29, 0.717) is 6.54 Å². The minimum absolute atomic E-state index is 0. The maximum absolute atomic E-state index is 12.3. The number of unbranched alkanes of at least 4 members (excludes halogenated alkanes) is 1. The average molecular weight is 324 g/mol. The van der Waals surface area contributed by atoms with Gasteiger partial charge >= 0.3 is 0 Å². The van der Waals surface area contributed by atoms with E-state index in [0.717, 1.165) is 30.2 Å². The van der Waals surface area contributed by atoms with Crippen LogP contribution in [0.15, 0.2) is 35.1 Å². The average Bonchev–Trinajstić information content (AvgIpc) is 2.50. The van der Waals surface area contributed by atoms with Crippen molar-refractivity contribution in [2.24, 2.45) is 5.73 Å². The molecular formula is C16H22ClN3O2. The summed E-state index contributed by atoms with van der Waals surface area (Å²) in [6.45, 7) is 2.46. The molecule has 0 aliphatic heterocycles. The third kappa shape index (κ3) is 4.32. The summed E-state index contributed by atoms with van der Waals surface area (Å²) >= 11 is 0. The van der Waals surface area contributed by atoms with E-state index in [-0.39, 0.29) is 35.5 Å².